The molecule has 1 saturated heterocycles. The number of halogens is 1. The van der Waals surface area contributed by atoms with Crippen LogP contribution in [0.15, 0.2) is 24.3 Å². The number of fused-ring (bicyclic) bond motifs is 2. The molecule has 0 aromatic heterocycles. The lowest BCUT2D eigenvalue weighted by molar-refractivity contribution is -0.128. The summed E-state index contributed by atoms with van der Waals surface area (Å²) in [6, 6.07) is 8.24. The van der Waals surface area contributed by atoms with E-state index in [-0.39, 0.29) is 36.2 Å². The average molecular weight is 420 g/mol. The van der Waals surface area contributed by atoms with Crippen molar-refractivity contribution >= 4 is 24.2 Å². The molecule has 1 heterocycles. The van der Waals surface area contributed by atoms with E-state index in [4.69, 9.17) is 5.73 Å². The van der Waals surface area contributed by atoms with Crippen LogP contribution >= 0.6 is 12.4 Å². The minimum absolute atomic E-state index is 0. The van der Waals surface area contributed by atoms with Crippen LogP contribution in [0.1, 0.15) is 60.9 Å². The Hall–Kier alpha value is -1.59. The lowest BCUT2D eigenvalue weighted by Gasteiger charge is -2.44. The number of nitrogens with zero attached hydrogens (tertiary/aromatic N) is 1. The molecule has 3 fully saturated rings. The van der Waals surface area contributed by atoms with Crippen LogP contribution < -0.4 is 11.1 Å². The Morgan fingerprint density at radius 2 is 1.59 bits per heavy atom. The van der Waals surface area contributed by atoms with Crippen molar-refractivity contribution in [2.75, 3.05) is 13.1 Å². The maximum Gasteiger partial charge on any atom is 0.253 e. The zero-order valence-electron chi connectivity index (χ0n) is 17.3. The molecule has 2 unspecified atom stereocenters. The SMILES string of the molecule is Cc1ccc(C(=O)N2CCC(NC(=O)C3CC4CCCC(C3)C4N)CC2)cc1.Cl. The van der Waals surface area contributed by atoms with Gasteiger partial charge in [0.1, 0.15) is 0 Å². The second-order valence-electron chi connectivity index (χ2n) is 9.14. The number of benzene rings is 1. The summed E-state index contributed by atoms with van der Waals surface area (Å²) in [4.78, 5) is 27.4. The fourth-order valence-electron chi connectivity index (χ4n) is 5.43. The molecular weight excluding hydrogens is 386 g/mol. The molecular formula is C23H34ClN3O2. The number of aryl methyl sites for hydroxylation is 1. The lowest BCUT2D eigenvalue weighted by atomic mass is 9.65. The van der Waals surface area contributed by atoms with E-state index >= 15 is 0 Å². The molecule has 3 aliphatic rings. The van der Waals surface area contributed by atoms with E-state index in [0.717, 1.165) is 36.8 Å². The number of carbonyl (C=O) groups excluding carboxylic acids is 2. The van der Waals surface area contributed by atoms with Gasteiger partial charge >= 0.3 is 0 Å². The van der Waals surface area contributed by atoms with Gasteiger partial charge in [0.25, 0.3) is 5.91 Å². The first-order chi connectivity index (χ1) is 13.5. The highest BCUT2D eigenvalue weighted by Crippen LogP contribution is 2.42. The number of amides is 2. The van der Waals surface area contributed by atoms with Gasteiger partial charge in [-0.1, -0.05) is 24.1 Å². The van der Waals surface area contributed by atoms with E-state index < -0.39 is 0 Å². The zero-order valence-corrected chi connectivity index (χ0v) is 18.1. The standard InChI is InChI=1S/C23H33N3O2.ClH/c1-15-5-7-16(8-6-15)23(28)26-11-9-20(10-12-26)25-22(27)19-13-17-3-2-4-18(14-19)21(17)24;/h5-8,17-21H,2-4,9-14,24H2,1H3,(H,25,27);1H. The van der Waals surface area contributed by atoms with Crippen LogP contribution in [0.3, 0.4) is 0 Å². The molecule has 4 rings (SSSR count). The first-order valence-corrected chi connectivity index (χ1v) is 10.9. The third-order valence-corrected chi connectivity index (χ3v) is 7.21. The number of nitrogens with two attached hydrogens (primary N) is 1. The van der Waals surface area contributed by atoms with E-state index in [1.165, 1.54) is 19.3 Å². The average Bonchev–Trinajstić information content (AvgIpc) is 2.68. The Morgan fingerprint density at radius 1 is 1.00 bits per heavy atom. The van der Waals surface area contributed by atoms with Gasteiger partial charge < -0.3 is 16.0 Å². The second kappa shape index (κ2) is 9.48. The molecule has 1 aromatic carbocycles. The first kappa shape index (κ1) is 22.1. The summed E-state index contributed by atoms with van der Waals surface area (Å²) in [5.74, 6) is 1.49. The van der Waals surface area contributed by atoms with Gasteiger partial charge in [0.15, 0.2) is 0 Å². The quantitative estimate of drug-likeness (QED) is 0.789. The minimum Gasteiger partial charge on any atom is -0.353 e. The van der Waals surface area contributed by atoms with Crippen molar-refractivity contribution in [1.29, 1.82) is 0 Å². The third kappa shape index (κ3) is 4.95. The summed E-state index contributed by atoms with van der Waals surface area (Å²) in [5, 5.41) is 3.28. The van der Waals surface area contributed by atoms with Gasteiger partial charge in [0.2, 0.25) is 5.91 Å². The molecule has 5 nitrogen and oxygen atoms in total. The van der Waals surface area contributed by atoms with E-state index in [9.17, 15) is 9.59 Å². The number of hydrogen-bond acceptors (Lipinski definition) is 3. The molecule has 29 heavy (non-hydrogen) atoms. The molecule has 0 spiro atoms. The summed E-state index contributed by atoms with van der Waals surface area (Å²) in [5.41, 5.74) is 8.27. The van der Waals surface area contributed by atoms with Crippen molar-refractivity contribution in [3.05, 3.63) is 35.4 Å². The zero-order chi connectivity index (χ0) is 19.7. The van der Waals surface area contributed by atoms with Crippen LogP contribution in [0.4, 0.5) is 0 Å². The number of rotatable bonds is 3. The predicted octanol–water partition coefficient (Wildman–Crippen LogP) is 3.29. The van der Waals surface area contributed by atoms with E-state index in [2.05, 4.69) is 5.32 Å². The highest BCUT2D eigenvalue weighted by Gasteiger charge is 2.41. The van der Waals surface area contributed by atoms with Crippen LogP contribution in [0.5, 0.6) is 0 Å². The van der Waals surface area contributed by atoms with E-state index in [1.807, 2.05) is 36.1 Å². The Balaban J connectivity index is 0.00000240. The maximum absolute atomic E-state index is 12.8. The molecule has 160 valence electrons. The number of piperidine rings is 1. The van der Waals surface area contributed by atoms with Gasteiger partial charge in [0, 0.05) is 36.7 Å². The number of nitrogens with one attached hydrogen (secondary N) is 1. The van der Waals surface area contributed by atoms with Crippen molar-refractivity contribution in [1.82, 2.24) is 10.2 Å². The summed E-state index contributed by atoms with van der Waals surface area (Å²) < 4.78 is 0. The smallest absolute Gasteiger partial charge is 0.253 e. The Morgan fingerprint density at radius 3 is 2.17 bits per heavy atom. The normalized spacial score (nSPS) is 29.7. The van der Waals surface area contributed by atoms with Crippen molar-refractivity contribution < 1.29 is 9.59 Å². The van der Waals surface area contributed by atoms with Crippen LogP contribution in [0, 0.1) is 24.7 Å². The number of hydrogen-bond donors (Lipinski definition) is 2. The molecule has 1 aromatic rings. The van der Waals surface area contributed by atoms with E-state index in [1.54, 1.807) is 0 Å². The molecule has 1 aliphatic heterocycles. The molecule has 2 atom stereocenters. The predicted molar refractivity (Wildman–Crippen MR) is 117 cm³/mol. The van der Waals surface area contributed by atoms with Crippen LogP contribution in [0.2, 0.25) is 0 Å². The summed E-state index contributed by atoms with van der Waals surface area (Å²) >= 11 is 0. The molecule has 2 amide bonds. The van der Waals surface area contributed by atoms with Gasteiger partial charge in [-0.15, -0.1) is 12.4 Å². The Bertz CT molecular complexity index is 701. The minimum atomic E-state index is 0. The molecule has 6 heteroatoms. The lowest BCUT2D eigenvalue weighted by Crippen LogP contribution is -2.52. The van der Waals surface area contributed by atoms with Crippen molar-refractivity contribution in [2.24, 2.45) is 23.5 Å². The van der Waals surface area contributed by atoms with Crippen molar-refractivity contribution in [3.8, 4) is 0 Å². The molecule has 2 bridgehead atoms. The molecule has 0 radical (unpaired) electrons. The van der Waals surface area contributed by atoms with Gasteiger partial charge in [-0.3, -0.25) is 9.59 Å². The van der Waals surface area contributed by atoms with Crippen LogP contribution in [-0.4, -0.2) is 41.9 Å². The van der Waals surface area contributed by atoms with Gasteiger partial charge in [-0.05, 0) is 69.4 Å². The molecule has 2 aliphatic carbocycles. The van der Waals surface area contributed by atoms with Crippen LogP contribution in [-0.2, 0) is 4.79 Å². The van der Waals surface area contributed by atoms with E-state index in [0.29, 0.717) is 31.0 Å². The highest BCUT2D eigenvalue weighted by molar-refractivity contribution is 5.94. The highest BCUT2D eigenvalue weighted by atomic mass is 35.5. The molecule has 3 N–H and O–H groups in total. The van der Waals surface area contributed by atoms with Crippen molar-refractivity contribution in [3.63, 3.8) is 0 Å². The van der Waals surface area contributed by atoms with Gasteiger partial charge in [0.05, 0.1) is 0 Å². The maximum atomic E-state index is 12.8. The second-order valence-corrected chi connectivity index (χ2v) is 9.14. The number of carbonyl (C=O) groups is 2. The summed E-state index contributed by atoms with van der Waals surface area (Å²) in [6.45, 7) is 3.44. The number of likely N-dealkylation sites (tertiary alicyclic amines) is 1. The monoisotopic (exact) mass is 419 g/mol. The van der Waals surface area contributed by atoms with Crippen LogP contribution in [0.25, 0.3) is 0 Å². The first-order valence-electron chi connectivity index (χ1n) is 10.9. The fraction of sp³-hybridized carbons (Fsp3) is 0.652. The van der Waals surface area contributed by atoms with Gasteiger partial charge in [-0.25, -0.2) is 0 Å². The topological polar surface area (TPSA) is 75.4 Å². The largest absolute Gasteiger partial charge is 0.353 e. The van der Waals surface area contributed by atoms with Gasteiger partial charge in [-0.2, -0.15) is 0 Å². The summed E-state index contributed by atoms with van der Waals surface area (Å²) in [6.07, 6.45) is 7.21. The Labute approximate surface area is 180 Å². The third-order valence-electron chi connectivity index (χ3n) is 7.21. The summed E-state index contributed by atoms with van der Waals surface area (Å²) in [7, 11) is 0. The Kier molecular flexibility index (Phi) is 7.23. The molecule has 2 saturated carbocycles. The van der Waals surface area contributed by atoms with Crippen molar-refractivity contribution in [2.45, 2.75) is 64.0 Å². The fourth-order valence-corrected chi connectivity index (χ4v) is 5.43.